The van der Waals surface area contributed by atoms with Crippen LogP contribution in [0.25, 0.3) is 0 Å². The zero-order chi connectivity index (χ0) is 21.5. The van der Waals surface area contributed by atoms with Crippen LogP contribution in [0.1, 0.15) is 33.6 Å². The third-order valence-corrected chi connectivity index (χ3v) is 4.27. The van der Waals surface area contributed by atoms with Crippen LogP contribution in [0.2, 0.25) is 0 Å². The highest BCUT2D eigenvalue weighted by molar-refractivity contribution is 7.55. The molecule has 1 atom stereocenters. The molecule has 0 aromatic carbocycles. The number of carbonyl (C=O) groups excluding carboxylic acids is 3. The predicted octanol–water partition coefficient (Wildman–Crippen LogP) is -0.296. The second-order valence-corrected chi connectivity index (χ2v) is 8.56. The molecule has 0 aromatic heterocycles. The summed E-state index contributed by atoms with van der Waals surface area (Å²) in [6.07, 6.45) is 0.627. The third kappa shape index (κ3) is 16.6. The number of likely N-dealkylation sites (N-methyl/N-ethyl adjacent to an activating group) is 2. The molecule has 10 heteroatoms. The first kappa shape index (κ1) is 27.9. The van der Waals surface area contributed by atoms with Crippen LogP contribution in [-0.4, -0.2) is 87.2 Å². The summed E-state index contributed by atoms with van der Waals surface area (Å²) < 4.78 is 11.0. The minimum absolute atomic E-state index is 0.0258. The first-order valence-electron chi connectivity index (χ1n) is 9.14. The number of hydrogen-bond acceptors (Lipinski definition) is 7. The highest BCUT2D eigenvalue weighted by atomic mass is 31.2. The van der Waals surface area contributed by atoms with Crippen molar-refractivity contribution in [2.24, 2.45) is 0 Å². The van der Waals surface area contributed by atoms with Gasteiger partial charge in [0.15, 0.2) is 0 Å². The first-order chi connectivity index (χ1) is 12.5. The number of ketones is 1. The van der Waals surface area contributed by atoms with E-state index in [1.54, 1.807) is 25.8 Å². The molecule has 0 aliphatic rings. The second kappa shape index (κ2) is 15.7. The van der Waals surface area contributed by atoms with Crippen LogP contribution in [-0.2, 0) is 18.9 Å². The Balaban J connectivity index is 0. The lowest BCUT2D eigenvalue weighted by Crippen LogP contribution is -2.38. The van der Waals surface area contributed by atoms with Crippen molar-refractivity contribution in [3.63, 3.8) is 0 Å². The number of rotatable bonds is 12. The number of nitrogens with one attached hydrogen (secondary N) is 2. The molecule has 2 N–H and O–H groups in total. The molecule has 0 fully saturated rings. The Morgan fingerprint density at radius 3 is 1.67 bits per heavy atom. The van der Waals surface area contributed by atoms with E-state index in [2.05, 4.69) is 10.6 Å². The van der Waals surface area contributed by atoms with Crippen molar-refractivity contribution in [1.29, 1.82) is 0 Å². The molecule has 1 unspecified atom stereocenters. The Morgan fingerprint density at radius 2 is 1.33 bits per heavy atom. The van der Waals surface area contributed by atoms with E-state index in [9.17, 15) is 23.8 Å². The van der Waals surface area contributed by atoms with Gasteiger partial charge in [0.05, 0.1) is 12.8 Å². The van der Waals surface area contributed by atoms with Crippen molar-refractivity contribution in [1.82, 2.24) is 20.4 Å². The van der Waals surface area contributed by atoms with Crippen molar-refractivity contribution in [2.75, 3.05) is 59.8 Å². The summed E-state index contributed by atoms with van der Waals surface area (Å²) in [6, 6.07) is 0. The van der Waals surface area contributed by atoms with E-state index in [1.165, 1.54) is 11.8 Å². The number of Topliss-reactive ketones (excluding diaryl/α,β-unsaturated/α-hetero) is 1. The summed E-state index contributed by atoms with van der Waals surface area (Å²) in [7, 11) is 0.181. The Hall–Kier alpha value is -1.28. The van der Waals surface area contributed by atoms with Crippen LogP contribution in [0.15, 0.2) is 0 Å². The summed E-state index contributed by atoms with van der Waals surface area (Å²) in [5, 5.41) is 5.82. The monoisotopic (exact) mass is 407 g/mol. The van der Waals surface area contributed by atoms with Gasteiger partial charge < -0.3 is 29.9 Å². The number of carbonyl (C=O) groups is 3. The van der Waals surface area contributed by atoms with Crippen molar-refractivity contribution in [3.05, 3.63) is 0 Å². The topological polar surface area (TPSA) is 122 Å². The van der Waals surface area contributed by atoms with Crippen LogP contribution in [0.3, 0.4) is 0 Å². The molecule has 2 amide bonds. The fourth-order valence-electron chi connectivity index (χ4n) is 2.09. The summed E-state index contributed by atoms with van der Waals surface area (Å²) >= 11 is 0. The van der Waals surface area contributed by atoms with Crippen LogP contribution >= 0.6 is 7.37 Å². The summed E-state index contributed by atoms with van der Waals surface area (Å²) in [5.41, 5.74) is 0. The summed E-state index contributed by atoms with van der Waals surface area (Å²) in [6.45, 7) is 8.76. The molecule has 0 spiro atoms. The lowest BCUT2D eigenvalue weighted by atomic mass is 10.3. The van der Waals surface area contributed by atoms with Gasteiger partial charge in [-0.3, -0.25) is 14.4 Å². The molecule has 0 heterocycles. The molecule has 0 aliphatic carbocycles. The normalized spacial score (nSPS) is 12.4. The molecule has 27 heavy (non-hydrogen) atoms. The average Bonchev–Trinajstić information content (AvgIpc) is 2.60. The molecular formula is C17H36N4O5P-. The molecule has 160 valence electrons. The van der Waals surface area contributed by atoms with Gasteiger partial charge in [-0.25, -0.2) is 0 Å². The standard InChI is InChI=1S/C9H18N2O2.C8H19N2O3P/c1-4-9(13)11(6-5-10-3)7-8(2)12;1-4-8(11)10(6-5-9-2)7-14(3,12)13/h10H,4-7H2,1-3H3;9H,4-7H2,1-3H3,(H,12,13)/p-1. The Morgan fingerprint density at radius 1 is 0.926 bits per heavy atom. The van der Waals surface area contributed by atoms with Gasteiger partial charge in [0.2, 0.25) is 11.8 Å². The van der Waals surface area contributed by atoms with Gasteiger partial charge >= 0.3 is 0 Å². The van der Waals surface area contributed by atoms with Crippen molar-refractivity contribution in [2.45, 2.75) is 33.6 Å². The average molecular weight is 407 g/mol. The van der Waals surface area contributed by atoms with E-state index >= 15 is 0 Å². The molecule has 0 saturated heterocycles. The minimum Gasteiger partial charge on any atom is -0.798 e. The largest absolute Gasteiger partial charge is 0.798 e. The maximum absolute atomic E-state index is 11.3. The van der Waals surface area contributed by atoms with E-state index in [1.807, 2.05) is 7.05 Å². The van der Waals surface area contributed by atoms with Gasteiger partial charge in [-0.1, -0.05) is 13.8 Å². The minimum atomic E-state index is -3.40. The molecule has 0 radical (unpaired) electrons. The fraction of sp³-hybridized carbons (Fsp3) is 0.824. The summed E-state index contributed by atoms with van der Waals surface area (Å²) in [5.74, 6) is -0.0680. The van der Waals surface area contributed by atoms with Gasteiger partial charge in [0.1, 0.15) is 5.78 Å². The lowest BCUT2D eigenvalue weighted by Gasteiger charge is -2.28. The third-order valence-electron chi connectivity index (χ3n) is 3.41. The maximum atomic E-state index is 11.3. The van der Waals surface area contributed by atoms with Gasteiger partial charge in [-0.15, -0.1) is 0 Å². The highest BCUT2D eigenvalue weighted by Crippen LogP contribution is 2.30. The smallest absolute Gasteiger partial charge is 0.222 e. The Bertz CT molecular complexity index is 496. The highest BCUT2D eigenvalue weighted by Gasteiger charge is 2.14. The lowest BCUT2D eigenvalue weighted by molar-refractivity contribution is -0.176. The number of hydrogen-bond donors (Lipinski definition) is 2. The van der Waals surface area contributed by atoms with Gasteiger partial charge in [-0.2, -0.15) is 0 Å². The Kier molecular flexibility index (Phi) is 16.3. The van der Waals surface area contributed by atoms with Gasteiger partial charge in [0, 0.05) is 46.4 Å². The molecule has 0 aromatic rings. The van der Waals surface area contributed by atoms with Crippen molar-refractivity contribution < 1.29 is 23.8 Å². The van der Waals surface area contributed by atoms with Crippen LogP contribution < -0.4 is 15.5 Å². The zero-order valence-corrected chi connectivity index (χ0v) is 18.4. The van der Waals surface area contributed by atoms with E-state index in [0.29, 0.717) is 32.5 Å². The maximum Gasteiger partial charge on any atom is 0.222 e. The quantitative estimate of drug-likeness (QED) is 0.426. The number of nitrogens with zero attached hydrogens (tertiary/aromatic N) is 2. The predicted molar refractivity (Wildman–Crippen MR) is 106 cm³/mol. The van der Waals surface area contributed by atoms with E-state index in [-0.39, 0.29) is 30.4 Å². The second-order valence-electron chi connectivity index (χ2n) is 6.24. The van der Waals surface area contributed by atoms with Crippen molar-refractivity contribution in [3.8, 4) is 0 Å². The molecular weight excluding hydrogens is 371 g/mol. The van der Waals surface area contributed by atoms with Gasteiger partial charge in [0.25, 0.3) is 0 Å². The van der Waals surface area contributed by atoms with Crippen LogP contribution in [0.4, 0.5) is 0 Å². The number of amides is 2. The zero-order valence-electron chi connectivity index (χ0n) is 17.5. The molecule has 0 bridgehead atoms. The first-order valence-corrected chi connectivity index (χ1v) is 11.4. The van der Waals surface area contributed by atoms with Crippen LogP contribution in [0.5, 0.6) is 0 Å². The van der Waals surface area contributed by atoms with Crippen molar-refractivity contribution >= 4 is 25.0 Å². The molecule has 0 aliphatic heterocycles. The van der Waals surface area contributed by atoms with Crippen LogP contribution in [0, 0.1) is 0 Å². The van der Waals surface area contributed by atoms with E-state index in [0.717, 1.165) is 13.2 Å². The Labute approximate surface area is 163 Å². The van der Waals surface area contributed by atoms with E-state index < -0.39 is 7.37 Å². The SMILES string of the molecule is CCC(=O)N(CCNC)CC(C)=O.CCC(=O)N(CCNC)CP(C)(=O)[O-]. The summed E-state index contributed by atoms with van der Waals surface area (Å²) in [4.78, 5) is 47.4. The molecule has 0 saturated carbocycles. The molecule has 0 rings (SSSR count). The fourth-order valence-corrected chi connectivity index (χ4v) is 3.01. The van der Waals surface area contributed by atoms with E-state index in [4.69, 9.17) is 0 Å². The van der Waals surface area contributed by atoms with Gasteiger partial charge in [-0.05, 0) is 27.7 Å². The molecule has 9 nitrogen and oxygen atoms in total.